The van der Waals surface area contributed by atoms with Gasteiger partial charge in [-0.05, 0) is 37.3 Å². The zero-order valence-electron chi connectivity index (χ0n) is 15.9. The molecule has 5 rings (SSSR count). The third-order valence-corrected chi connectivity index (χ3v) is 6.75. The highest BCUT2D eigenvalue weighted by Gasteiger charge is 2.51. The number of halogens is 2. The number of carbonyl (C=O) groups is 2. The highest BCUT2D eigenvalue weighted by Crippen LogP contribution is 2.45. The molecule has 1 aromatic carbocycles. The number of hydrogen-bond donors (Lipinski definition) is 2. The van der Waals surface area contributed by atoms with Crippen molar-refractivity contribution in [3.05, 3.63) is 62.3 Å². The summed E-state index contributed by atoms with van der Waals surface area (Å²) in [5.41, 5.74) is -1.05. The van der Waals surface area contributed by atoms with Crippen LogP contribution in [0, 0.1) is 11.7 Å². The quantitative estimate of drug-likeness (QED) is 0.780. The van der Waals surface area contributed by atoms with Gasteiger partial charge in [0.15, 0.2) is 11.4 Å². The summed E-state index contributed by atoms with van der Waals surface area (Å²) in [5.74, 6) is -1.99. The van der Waals surface area contributed by atoms with E-state index >= 15 is 0 Å². The van der Waals surface area contributed by atoms with E-state index in [2.05, 4.69) is 5.32 Å². The number of rotatable bonds is 3. The van der Waals surface area contributed by atoms with E-state index in [1.165, 1.54) is 22.9 Å². The average molecular weight is 432 g/mol. The minimum absolute atomic E-state index is 0.0183. The first-order chi connectivity index (χ1) is 14.3. The summed E-state index contributed by atoms with van der Waals surface area (Å²) in [4.78, 5) is 40.0. The Morgan fingerprint density at radius 1 is 1.30 bits per heavy atom. The lowest BCUT2D eigenvalue weighted by atomic mass is 9.95. The van der Waals surface area contributed by atoms with Crippen molar-refractivity contribution in [2.24, 2.45) is 5.92 Å². The molecule has 30 heavy (non-hydrogen) atoms. The van der Waals surface area contributed by atoms with Crippen LogP contribution in [0.3, 0.4) is 0 Å². The summed E-state index contributed by atoms with van der Waals surface area (Å²) < 4.78 is 15.4. The van der Waals surface area contributed by atoms with Crippen LogP contribution < -0.4 is 10.7 Å². The molecule has 2 fully saturated rings. The van der Waals surface area contributed by atoms with Crippen molar-refractivity contribution < 1.29 is 19.1 Å². The molecule has 2 aliphatic heterocycles. The molecule has 1 aromatic heterocycles. The monoisotopic (exact) mass is 431 g/mol. The second-order valence-corrected chi connectivity index (χ2v) is 8.58. The van der Waals surface area contributed by atoms with Crippen molar-refractivity contribution >= 4 is 23.4 Å². The Balaban J connectivity index is 1.44. The van der Waals surface area contributed by atoms with Crippen LogP contribution in [-0.2, 0) is 13.1 Å². The summed E-state index contributed by atoms with van der Waals surface area (Å²) >= 11 is 5.72. The fraction of sp³-hybridized carbons (Fsp3) is 0.381. The molecular formula is C21H19ClFN3O4. The van der Waals surface area contributed by atoms with Gasteiger partial charge in [-0.3, -0.25) is 14.4 Å². The standard InChI is InChI=1S/C21H19ClFN3O4/c22-12-3-1-11(15(23)6-12)7-24-20(29)14-8-25-9-16-10-2-4-13(5-10)26(16)21(30)17(25)19(28)18(14)27/h1,3,6,8,10,13,16,28H,2,4-5,7,9H2,(H,24,29)/t10-,13+,16-/m1/s1. The highest BCUT2D eigenvalue weighted by molar-refractivity contribution is 6.30. The number of piperidine rings is 1. The van der Waals surface area contributed by atoms with Crippen LogP contribution in [-0.4, -0.2) is 38.5 Å². The lowest BCUT2D eigenvalue weighted by molar-refractivity contribution is 0.0482. The van der Waals surface area contributed by atoms with Crippen LogP contribution >= 0.6 is 11.6 Å². The third kappa shape index (κ3) is 2.81. The van der Waals surface area contributed by atoms with E-state index in [9.17, 15) is 23.9 Å². The zero-order valence-corrected chi connectivity index (χ0v) is 16.7. The van der Waals surface area contributed by atoms with E-state index in [1.807, 2.05) is 0 Å². The number of aromatic nitrogens is 1. The molecule has 0 spiro atoms. The maximum absolute atomic E-state index is 13.9. The van der Waals surface area contributed by atoms with Crippen molar-refractivity contribution in [2.75, 3.05) is 0 Å². The molecule has 3 heterocycles. The highest BCUT2D eigenvalue weighted by atomic mass is 35.5. The van der Waals surface area contributed by atoms with Gasteiger partial charge >= 0.3 is 0 Å². The Kier molecular flexibility index (Phi) is 4.36. The number of benzene rings is 1. The zero-order chi connectivity index (χ0) is 21.2. The molecular weight excluding hydrogens is 413 g/mol. The molecule has 2 amide bonds. The van der Waals surface area contributed by atoms with Gasteiger partial charge in [-0.25, -0.2) is 4.39 Å². The number of fused-ring (bicyclic) bond motifs is 6. The molecule has 7 nitrogen and oxygen atoms in total. The average Bonchev–Trinajstić information content (AvgIpc) is 3.32. The Hall–Kier alpha value is -2.87. The van der Waals surface area contributed by atoms with Crippen LogP contribution in [0.15, 0.2) is 29.2 Å². The molecule has 9 heteroatoms. The Morgan fingerprint density at radius 2 is 2.10 bits per heavy atom. The first-order valence-corrected chi connectivity index (χ1v) is 10.2. The van der Waals surface area contributed by atoms with Crippen molar-refractivity contribution in [3.63, 3.8) is 0 Å². The maximum Gasteiger partial charge on any atom is 0.275 e. The third-order valence-electron chi connectivity index (χ3n) is 6.52. The number of pyridine rings is 1. The predicted octanol–water partition coefficient (Wildman–Crippen LogP) is 2.28. The first-order valence-electron chi connectivity index (χ1n) is 9.86. The maximum atomic E-state index is 13.9. The van der Waals surface area contributed by atoms with Crippen LogP contribution in [0.25, 0.3) is 0 Å². The van der Waals surface area contributed by atoms with E-state index in [4.69, 9.17) is 11.6 Å². The van der Waals surface area contributed by atoms with E-state index in [-0.39, 0.29) is 46.4 Å². The number of amides is 2. The van der Waals surface area contributed by atoms with E-state index < -0.39 is 22.9 Å². The summed E-state index contributed by atoms with van der Waals surface area (Å²) in [7, 11) is 0. The smallest absolute Gasteiger partial charge is 0.275 e. The van der Waals surface area contributed by atoms with Crippen LogP contribution in [0.2, 0.25) is 5.02 Å². The fourth-order valence-electron chi connectivity index (χ4n) is 5.08. The summed E-state index contributed by atoms with van der Waals surface area (Å²) in [6.07, 6.45) is 4.27. The van der Waals surface area contributed by atoms with Crippen molar-refractivity contribution in [1.82, 2.24) is 14.8 Å². The Labute approximate surface area is 176 Å². The van der Waals surface area contributed by atoms with Gasteiger partial charge in [-0.2, -0.15) is 0 Å². The fourth-order valence-corrected chi connectivity index (χ4v) is 5.24. The molecule has 0 unspecified atom stereocenters. The molecule has 2 N–H and O–H groups in total. The van der Waals surface area contributed by atoms with Crippen LogP contribution in [0.4, 0.5) is 4.39 Å². The molecule has 1 saturated carbocycles. The van der Waals surface area contributed by atoms with Gasteiger partial charge in [0.05, 0.1) is 6.04 Å². The predicted molar refractivity (Wildman–Crippen MR) is 106 cm³/mol. The summed E-state index contributed by atoms with van der Waals surface area (Å²) in [6, 6.07) is 4.25. The second kappa shape index (κ2) is 6.84. The molecule has 0 radical (unpaired) electrons. The SMILES string of the molecule is O=C(NCc1ccc(Cl)cc1F)c1cn2c(c(O)c1=O)C(=O)N1[C@H]3CC[C@H](C3)[C@H]1C2. The van der Waals surface area contributed by atoms with Gasteiger partial charge in [0.25, 0.3) is 11.8 Å². The summed E-state index contributed by atoms with van der Waals surface area (Å²) in [6.45, 7) is 0.283. The topological polar surface area (TPSA) is 91.6 Å². The van der Waals surface area contributed by atoms with Gasteiger partial charge in [0, 0.05) is 35.9 Å². The van der Waals surface area contributed by atoms with Gasteiger partial charge in [0.2, 0.25) is 5.43 Å². The van der Waals surface area contributed by atoms with Gasteiger partial charge in [-0.15, -0.1) is 0 Å². The molecule has 2 aromatic rings. The van der Waals surface area contributed by atoms with Crippen molar-refractivity contribution in [1.29, 1.82) is 0 Å². The van der Waals surface area contributed by atoms with E-state index in [0.717, 1.165) is 25.3 Å². The van der Waals surface area contributed by atoms with Crippen molar-refractivity contribution in [2.45, 2.75) is 44.4 Å². The normalized spacial score (nSPS) is 24.0. The molecule has 2 bridgehead atoms. The molecule has 3 aliphatic rings. The van der Waals surface area contributed by atoms with Gasteiger partial charge in [0.1, 0.15) is 11.4 Å². The lowest BCUT2D eigenvalue weighted by Crippen LogP contribution is -2.52. The number of carbonyl (C=O) groups excluding carboxylic acids is 2. The summed E-state index contributed by atoms with van der Waals surface area (Å²) in [5, 5.41) is 13.2. The van der Waals surface area contributed by atoms with Crippen molar-refractivity contribution in [3.8, 4) is 5.75 Å². The Morgan fingerprint density at radius 3 is 2.87 bits per heavy atom. The largest absolute Gasteiger partial charge is 0.503 e. The van der Waals surface area contributed by atoms with Crippen LogP contribution in [0.5, 0.6) is 5.75 Å². The number of nitrogens with one attached hydrogen (secondary N) is 1. The van der Waals surface area contributed by atoms with Crippen LogP contribution in [0.1, 0.15) is 45.7 Å². The van der Waals surface area contributed by atoms with Gasteiger partial charge < -0.3 is 19.9 Å². The first kappa shape index (κ1) is 19.1. The van der Waals surface area contributed by atoms with E-state index in [1.54, 1.807) is 4.90 Å². The van der Waals surface area contributed by atoms with E-state index in [0.29, 0.717) is 12.5 Å². The lowest BCUT2D eigenvalue weighted by Gasteiger charge is -2.40. The molecule has 3 atom stereocenters. The number of nitrogens with zero attached hydrogens (tertiary/aromatic N) is 2. The number of hydrogen-bond acceptors (Lipinski definition) is 4. The molecule has 1 saturated heterocycles. The Bertz CT molecular complexity index is 1150. The van der Waals surface area contributed by atoms with Gasteiger partial charge in [-0.1, -0.05) is 17.7 Å². The minimum Gasteiger partial charge on any atom is -0.503 e. The number of aromatic hydroxyl groups is 1. The molecule has 156 valence electrons. The second-order valence-electron chi connectivity index (χ2n) is 8.15. The molecule has 1 aliphatic carbocycles. The minimum atomic E-state index is -0.911.